The third kappa shape index (κ3) is 3.43. The van der Waals surface area contributed by atoms with E-state index in [9.17, 15) is 18.0 Å². The molecule has 0 aliphatic carbocycles. The summed E-state index contributed by atoms with van der Waals surface area (Å²) in [6, 6.07) is 10.6. The minimum Gasteiger partial charge on any atom is -0.321 e. The van der Waals surface area contributed by atoms with Crippen molar-refractivity contribution in [2.24, 2.45) is 0 Å². The summed E-state index contributed by atoms with van der Waals surface area (Å²) < 4.78 is 42.1. The normalized spacial score (nSPS) is 11.1. The predicted octanol–water partition coefficient (Wildman–Crippen LogP) is 4.66. The highest BCUT2D eigenvalue weighted by atomic mass is 32.1. The number of imidazole rings is 1. The molecule has 0 radical (unpaired) electrons. The first-order valence-corrected chi connectivity index (χ1v) is 8.84. The van der Waals surface area contributed by atoms with Gasteiger partial charge in [0.2, 0.25) is 5.91 Å². The highest BCUT2D eigenvalue weighted by Gasteiger charge is 2.17. The van der Waals surface area contributed by atoms with Crippen LogP contribution in [-0.4, -0.2) is 15.3 Å². The zero-order valence-corrected chi connectivity index (χ0v) is 14.6. The smallest absolute Gasteiger partial charge is 0.230 e. The van der Waals surface area contributed by atoms with Gasteiger partial charge >= 0.3 is 0 Å². The number of nitrogens with zero attached hydrogens (tertiary/aromatic N) is 2. The first kappa shape index (κ1) is 17.3. The van der Waals surface area contributed by atoms with E-state index in [0.717, 1.165) is 11.3 Å². The number of nitrogens with one attached hydrogen (secondary N) is 1. The largest absolute Gasteiger partial charge is 0.321 e. The Kier molecular flexibility index (Phi) is 4.41. The van der Waals surface area contributed by atoms with Crippen LogP contribution in [0.3, 0.4) is 0 Å². The van der Waals surface area contributed by atoms with Gasteiger partial charge in [0.15, 0.2) is 16.6 Å². The minimum atomic E-state index is -1.16. The van der Waals surface area contributed by atoms with Crippen LogP contribution in [0.2, 0.25) is 0 Å². The van der Waals surface area contributed by atoms with Crippen LogP contribution >= 0.6 is 11.3 Å². The lowest BCUT2D eigenvalue weighted by atomic mass is 10.2. The second-order valence-corrected chi connectivity index (χ2v) is 6.68. The van der Waals surface area contributed by atoms with Gasteiger partial charge in [0.1, 0.15) is 11.5 Å². The van der Waals surface area contributed by atoms with Crippen LogP contribution in [0.15, 0.2) is 54.0 Å². The average molecular weight is 387 g/mol. The summed E-state index contributed by atoms with van der Waals surface area (Å²) in [5, 5.41) is 3.92. The fourth-order valence-corrected chi connectivity index (χ4v) is 3.59. The first-order valence-electron chi connectivity index (χ1n) is 7.96. The van der Waals surface area contributed by atoms with Crippen molar-refractivity contribution in [2.45, 2.75) is 6.42 Å². The molecule has 4 rings (SSSR count). The Hall–Kier alpha value is -3.13. The van der Waals surface area contributed by atoms with Crippen LogP contribution in [0.5, 0.6) is 0 Å². The van der Waals surface area contributed by atoms with E-state index in [1.54, 1.807) is 9.78 Å². The summed E-state index contributed by atoms with van der Waals surface area (Å²) in [5.41, 5.74) is 1.67. The molecule has 27 heavy (non-hydrogen) atoms. The molecule has 4 nitrogen and oxygen atoms in total. The van der Waals surface area contributed by atoms with E-state index in [-0.39, 0.29) is 6.42 Å². The lowest BCUT2D eigenvalue weighted by Crippen LogP contribution is -2.17. The number of aromatic nitrogens is 2. The number of rotatable bonds is 4. The summed E-state index contributed by atoms with van der Waals surface area (Å²) in [7, 11) is 0. The molecule has 136 valence electrons. The number of hydrogen-bond acceptors (Lipinski definition) is 3. The van der Waals surface area contributed by atoms with E-state index in [1.165, 1.54) is 11.3 Å². The van der Waals surface area contributed by atoms with Crippen LogP contribution in [0, 0.1) is 17.5 Å². The predicted molar refractivity (Wildman–Crippen MR) is 97.2 cm³/mol. The minimum absolute atomic E-state index is 0.110. The Balaban J connectivity index is 1.57. The molecule has 4 aromatic rings. The molecule has 1 N–H and O–H groups in total. The van der Waals surface area contributed by atoms with Crippen LogP contribution in [-0.2, 0) is 11.2 Å². The molecule has 0 spiro atoms. The molecule has 0 aliphatic heterocycles. The molecule has 2 aromatic heterocycles. The maximum Gasteiger partial charge on any atom is 0.230 e. The van der Waals surface area contributed by atoms with Crippen molar-refractivity contribution >= 4 is 27.9 Å². The lowest BCUT2D eigenvalue weighted by Gasteiger charge is -2.07. The summed E-state index contributed by atoms with van der Waals surface area (Å²) in [5.74, 6) is -3.99. The molecule has 0 saturated heterocycles. The number of carbonyl (C=O) groups is 1. The van der Waals surface area contributed by atoms with Gasteiger partial charge in [-0.3, -0.25) is 9.20 Å². The van der Waals surface area contributed by atoms with Gasteiger partial charge in [0, 0.05) is 35.0 Å². The van der Waals surface area contributed by atoms with E-state index in [2.05, 4.69) is 10.3 Å². The Morgan fingerprint density at radius 1 is 1.11 bits per heavy atom. The third-order valence-corrected chi connectivity index (χ3v) is 4.85. The van der Waals surface area contributed by atoms with Gasteiger partial charge in [-0.25, -0.2) is 18.2 Å². The van der Waals surface area contributed by atoms with Crippen LogP contribution < -0.4 is 5.32 Å². The molecule has 2 heterocycles. The number of amides is 1. The van der Waals surface area contributed by atoms with E-state index in [0.29, 0.717) is 22.8 Å². The number of halogens is 3. The van der Waals surface area contributed by atoms with Gasteiger partial charge in [-0.05, 0) is 0 Å². The second kappa shape index (κ2) is 6.88. The quantitative estimate of drug-likeness (QED) is 0.554. The van der Waals surface area contributed by atoms with Crippen LogP contribution in [0.25, 0.3) is 16.2 Å². The highest BCUT2D eigenvalue weighted by Crippen LogP contribution is 2.25. The molecule has 0 fully saturated rings. The van der Waals surface area contributed by atoms with Gasteiger partial charge in [-0.15, -0.1) is 11.3 Å². The molecule has 1 amide bonds. The van der Waals surface area contributed by atoms with E-state index < -0.39 is 29.0 Å². The molecular formula is C19H12F3N3OS. The molecule has 0 aliphatic rings. The number of hydrogen-bond donors (Lipinski definition) is 1. The Morgan fingerprint density at radius 2 is 1.81 bits per heavy atom. The van der Waals surface area contributed by atoms with Crippen molar-refractivity contribution in [3.8, 4) is 11.3 Å². The number of fused-ring (bicyclic) bond motifs is 1. The molecule has 0 bridgehead atoms. The summed E-state index contributed by atoms with van der Waals surface area (Å²) in [6.45, 7) is 0. The number of thiazole rings is 1. The van der Waals surface area contributed by atoms with Crippen molar-refractivity contribution in [1.82, 2.24) is 9.38 Å². The maximum absolute atomic E-state index is 13.7. The Morgan fingerprint density at radius 3 is 2.52 bits per heavy atom. The van der Waals surface area contributed by atoms with E-state index in [4.69, 9.17) is 0 Å². The van der Waals surface area contributed by atoms with Crippen molar-refractivity contribution in [3.05, 3.63) is 77.2 Å². The first-order chi connectivity index (χ1) is 13.0. The molecule has 0 unspecified atom stereocenters. The average Bonchev–Trinajstić information content (AvgIpc) is 3.21. The van der Waals surface area contributed by atoms with Crippen LogP contribution in [0.1, 0.15) is 5.69 Å². The van der Waals surface area contributed by atoms with Crippen molar-refractivity contribution in [1.29, 1.82) is 0 Å². The van der Waals surface area contributed by atoms with Crippen molar-refractivity contribution in [2.75, 3.05) is 5.32 Å². The third-order valence-electron chi connectivity index (χ3n) is 3.97. The van der Waals surface area contributed by atoms with E-state index in [1.807, 2.05) is 36.5 Å². The molecular weight excluding hydrogens is 375 g/mol. The van der Waals surface area contributed by atoms with Gasteiger partial charge in [0.25, 0.3) is 0 Å². The summed E-state index contributed by atoms with van der Waals surface area (Å²) >= 11 is 1.36. The molecule has 0 saturated carbocycles. The lowest BCUT2D eigenvalue weighted by molar-refractivity contribution is -0.115. The topological polar surface area (TPSA) is 46.4 Å². The molecule has 0 atom stereocenters. The van der Waals surface area contributed by atoms with Gasteiger partial charge in [-0.2, -0.15) is 0 Å². The SMILES string of the molecule is O=C(Cc1csc2nc(-c3ccccc3)cn12)Nc1c(F)cc(F)cc1F. The number of anilines is 1. The van der Waals surface area contributed by atoms with Crippen LogP contribution in [0.4, 0.5) is 18.9 Å². The van der Waals surface area contributed by atoms with Crippen molar-refractivity contribution in [3.63, 3.8) is 0 Å². The van der Waals surface area contributed by atoms with Crippen molar-refractivity contribution < 1.29 is 18.0 Å². The monoisotopic (exact) mass is 387 g/mol. The van der Waals surface area contributed by atoms with Gasteiger partial charge < -0.3 is 5.32 Å². The second-order valence-electron chi connectivity index (χ2n) is 5.84. The highest BCUT2D eigenvalue weighted by molar-refractivity contribution is 7.15. The standard InChI is InChI=1S/C19H12F3N3OS/c20-12-6-14(21)18(15(22)7-12)24-17(26)8-13-10-27-19-23-16(9-25(13)19)11-4-2-1-3-5-11/h1-7,9-10H,8H2,(H,24,26). The zero-order chi connectivity index (χ0) is 19.0. The zero-order valence-electron chi connectivity index (χ0n) is 13.7. The summed E-state index contributed by atoms with van der Waals surface area (Å²) in [6.07, 6.45) is 1.70. The molecule has 2 aromatic carbocycles. The van der Waals surface area contributed by atoms with Gasteiger partial charge in [0.05, 0.1) is 12.1 Å². The fraction of sp³-hybridized carbons (Fsp3) is 0.0526. The molecule has 8 heteroatoms. The number of carbonyl (C=O) groups excluding carboxylic acids is 1. The van der Waals surface area contributed by atoms with Gasteiger partial charge in [-0.1, -0.05) is 30.3 Å². The summed E-state index contributed by atoms with van der Waals surface area (Å²) in [4.78, 5) is 17.4. The van der Waals surface area contributed by atoms with E-state index >= 15 is 0 Å². The Labute approximate surface area is 155 Å². The number of benzene rings is 2. The Bertz CT molecular complexity index is 1110. The maximum atomic E-state index is 13.7. The fourth-order valence-electron chi connectivity index (χ4n) is 2.71.